The smallest absolute Gasteiger partial charge is 0.244 e. The van der Waals surface area contributed by atoms with E-state index in [0.29, 0.717) is 5.69 Å². The predicted octanol–water partition coefficient (Wildman–Crippen LogP) is 2.18. The Hall–Kier alpha value is -2.87. The second-order valence-corrected chi connectivity index (χ2v) is 8.99. The zero-order valence-electron chi connectivity index (χ0n) is 17.8. The standard InChI is InChI=1S/C22H29N3O4S/c1-5-18-11-13-20(14-12-18)25(30(4,28)29)16-21(26)24(17(2)22(27)23-3)15-19-9-7-6-8-10-19/h6-14,17H,5,15-16H2,1-4H3,(H,23,27). The van der Waals surface area contributed by atoms with E-state index in [2.05, 4.69) is 5.32 Å². The van der Waals surface area contributed by atoms with E-state index in [4.69, 9.17) is 0 Å². The van der Waals surface area contributed by atoms with Gasteiger partial charge in [0.25, 0.3) is 0 Å². The Morgan fingerprint density at radius 1 is 1.00 bits per heavy atom. The summed E-state index contributed by atoms with van der Waals surface area (Å²) in [4.78, 5) is 26.8. The predicted molar refractivity (Wildman–Crippen MR) is 119 cm³/mol. The van der Waals surface area contributed by atoms with Gasteiger partial charge in [0.15, 0.2) is 0 Å². The SMILES string of the molecule is CCc1ccc(N(CC(=O)N(Cc2ccccc2)C(C)C(=O)NC)S(C)(=O)=O)cc1. The van der Waals surface area contributed by atoms with Crippen LogP contribution in [0.2, 0.25) is 0 Å². The van der Waals surface area contributed by atoms with Crippen molar-refractivity contribution in [2.75, 3.05) is 24.2 Å². The van der Waals surface area contributed by atoms with Crippen LogP contribution < -0.4 is 9.62 Å². The van der Waals surface area contributed by atoms with Crippen LogP contribution in [0.15, 0.2) is 54.6 Å². The topological polar surface area (TPSA) is 86.8 Å². The largest absolute Gasteiger partial charge is 0.357 e. The molecule has 0 saturated carbocycles. The third-order valence-electron chi connectivity index (χ3n) is 4.92. The molecule has 2 aromatic carbocycles. The average Bonchev–Trinajstić information content (AvgIpc) is 2.74. The molecule has 0 radical (unpaired) electrons. The molecule has 0 bridgehead atoms. The molecule has 2 rings (SSSR count). The van der Waals surface area contributed by atoms with Crippen LogP contribution in [0.25, 0.3) is 0 Å². The van der Waals surface area contributed by atoms with Gasteiger partial charge in [0.1, 0.15) is 12.6 Å². The second kappa shape index (κ2) is 10.2. The third kappa shape index (κ3) is 6.06. The minimum Gasteiger partial charge on any atom is -0.357 e. The maximum atomic E-state index is 13.2. The van der Waals surface area contributed by atoms with Gasteiger partial charge in [-0.05, 0) is 36.6 Å². The van der Waals surface area contributed by atoms with Gasteiger partial charge >= 0.3 is 0 Å². The lowest BCUT2D eigenvalue weighted by molar-refractivity contribution is -0.139. The van der Waals surface area contributed by atoms with Gasteiger partial charge in [-0.2, -0.15) is 0 Å². The molecule has 0 fully saturated rings. The molecule has 1 unspecified atom stereocenters. The number of nitrogens with zero attached hydrogens (tertiary/aromatic N) is 2. The Labute approximate surface area is 178 Å². The summed E-state index contributed by atoms with van der Waals surface area (Å²) in [5, 5.41) is 2.55. The van der Waals surface area contributed by atoms with Gasteiger partial charge in [0.05, 0.1) is 11.9 Å². The first-order valence-corrected chi connectivity index (χ1v) is 11.6. The minimum atomic E-state index is -3.71. The van der Waals surface area contributed by atoms with Crippen LogP contribution in [0.4, 0.5) is 5.69 Å². The van der Waals surface area contributed by atoms with Gasteiger partial charge in [-0.15, -0.1) is 0 Å². The number of hydrogen-bond donors (Lipinski definition) is 1. The fourth-order valence-electron chi connectivity index (χ4n) is 3.08. The molecular weight excluding hydrogens is 402 g/mol. The van der Waals surface area contributed by atoms with Gasteiger partial charge in [0.2, 0.25) is 21.8 Å². The highest BCUT2D eigenvalue weighted by Crippen LogP contribution is 2.20. The zero-order valence-corrected chi connectivity index (χ0v) is 18.6. The molecular formula is C22H29N3O4S. The van der Waals surface area contributed by atoms with Crippen LogP contribution in [0, 0.1) is 0 Å². The molecule has 0 aliphatic heterocycles. The van der Waals surface area contributed by atoms with Crippen molar-refractivity contribution in [2.24, 2.45) is 0 Å². The van der Waals surface area contributed by atoms with Crippen molar-refractivity contribution in [3.63, 3.8) is 0 Å². The summed E-state index contributed by atoms with van der Waals surface area (Å²) in [6.07, 6.45) is 1.89. The van der Waals surface area contributed by atoms with E-state index in [1.807, 2.05) is 49.4 Å². The van der Waals surface area contributed by atoms with Crippen LogP contribution in [0.5, 0.6) is 0 Å². The molecule has 0 spiro atoms. The van der Waals surface area contributed by atoms with Crippen LogP contribution in [-0.2, 0) is 32.6 Å². The number of hydrogen-bond acceptors (Lipinski definition) is 4. The number of amides is 2. The summed E-state index contributed by atoms with van der Waals surface area (Å²) in [5.74, 6) is -0.780. The first-order valence-electron chi connectivity index (χ1n) is 9.79. The van der Waals surface area contributed by atoms with E-state index in [0.717, 1.165) is 28.1 Å². The molecule has 0 aromatic heterocycles. The molecule has 8 heteroatoms. The monoisotopic (exact) mass is 431 g/mol. The van der Waals surface area contributed by atoms with Crippen molar-refractivity contribution in [3.05, 3.63) is 65.7 Å². The van der Waals surface area contributed by atoms with Crippen molar-refractivity contribution in [2.45, 2.75) is 32.9 Å². The van der Waals surface area contributed by atoms with E-state index < -0.39 is 28.5 Å². The molecule has 0 saturated heterocycles. The number of nitrogens with one attached hydrogen (secondary N) is 1. The number of likely N-dealkylation sites (N-methyl/N-ethyl adjacent to an activating group) is 1. The highest BCUT2D eigenvalue weighted by Gasteiger charge is 2.29. The Morgan fingerprint density at radius 2 is 1.60 bits per heavy atom. The van der Waals surface area contributed by atoms with Crippen LogP contribution in [0.1, 0.15) is 25.0 Å². The van der Waals surface area contributed by atoms with E-state index in [1.54, 1.807) is 19.1 Å². The molecule has 1 atom stereocenters. The summed E-state index contributed by atoms with van der Waals surface area (Å²) in [7, 11) is -2.20. The Bertz CT molecular complexity index is 960. The van der Waals surface area contributed by atoms with E-state index >= 15 is 0 Å². The Balaban J connectivity index is 2.34. The fourth-order valence-corrected chi connectivity index (χ4v) is 3.93. The summed E-state index contributed by atoms with van der Waals surface area (Å²) >= 11 is 0. The number of benzene rings is 2. The fraction of sp³-hybridized carbons (Fsp3) is 0.364. The zero-order chi connectivity index (χ0) is 22.3. The molecule has 162 valence electrons. The van der Waals surface area contributed by atoms with Crippen molar-refractivity contribution in [1.29, 1.82) is 0 Å². The Morgan fingerprint density at radius 3 is 2.10 bits per heavy atom. The minimum absolute atomic E-state index is 0.195. The van der Waals surface area contributed by atoms with Gasteiger partial charge < -0.3 is 10.2 Å². The Kier molecular flexibility index (Phi) is 8.00. The molecule has 30 heavy (non-hydrogen) atoms. The van der Waals surface area contributed by atoms with Gasteiger partial charge in [-0.25, -0.2) is 8.42 Å². The molecule has 1 N–H and O–H groups in total. The first-order chi connectivity index (χ1) is 14.2. The van der Waals surface area contributed by atoms with Crippen LogP contribution >= 0.6 is 0 Å². The molecule has 2 aromatic rings. The van der Waals surface area contributed by atoms with Gasteiger partial charge in [-0.3, -0.25) is 13.9 Å². The highest BCUT2D eigenvalue weighted by molar-refractivity contribution is 7.92. The maximum Gasteiger partial charge on any atom is 0.244 e. The van der Waals surface area contributed by atoms with Gasteiger partial charge in [0, 0.05) is 13.6 Å². The molecule has 0 aliphatic rings. The third-order valence-corrected chi connectivity index (χ3v) is 6.06. The van der Waals surface area contributed by atoms with E-state index in [1.165, 1.54) is 11.9 Å². The number of anilines is 1. The van der Waals surface area contributed by atoms with Crippen molar-refractivity contribution in [1.82, 2.24) is 10.2 Å². The molecule has 2 amide bonds. The average molecular weight is 432 g/mol. The van der Waals surface area contributed by atoms with Crippen molar-refractivity contribution >= 4 is 27.5 Å². The molecule has 0 heterocycles. The quantitative estimate of drug-likeness (QED) is 0.659. The number of rotatable bonds is 9. The number of carbonyl (C=O) groups excluding carboxylic acids is 2. The van der Waals surface area contributed by atoms with Crippen LogP contribution in [0.3, 0.4) is 0 Å². The van der Waals surface area contributed by atoms with Crippen molar-refractivity contribution in [3.8, 4) is 0 Å². The van der Waals surface area contributed by atoms with Crippen LogP contribution in [-0.4, -0.2) is 51.0 Å². The highest BCUT2D eigenvalue weighted by atomic mass is 32.2. The normalized spacial score (nSPS) is 12.1. The lowest BCUT2D eigenvalue weighted by Gasteiger charge is -2.31. The van der Waals surface area contributed by atoms with Crippen molar-refractivity contribution < 1.29 is 18.0 Å². The number of carbonyl (C=O) groups is 2. The maximum absolute atomic E-state index is 13.2. The summed E-state index contributed by atoms with van der Waals surface area (Å²) in [6.45, 7) is 3.44. The lowest BCUT2D eigenvalue weighted by atomic mass is 10.1. The summed E-state index contributed by atoms with van der Waals surface area (Å²) in [5.41, 5.74) is 2.33. The first kappa shape index (κ1) is 23.4. The van der Waals surface area contributed by atoms with E-state index in [-0.39, 0.29) is 12.5 Å². The summed E-state index contributed by atoms with van der Waals surface area (Å²) in [6, 6.07) is 15.6. The second-order valence-electron chi connectivity index (χ2n) is 7.09. The van der Waals surface area contributed by atoms with Gasteiger partial charge in [-0.1, -0.05) is 49.4 Å². The number of aryl methyl sites for hydroxylation is 1. The molecule has 7 nitrogen and oxygen atoms in total. The lowest BCUT2D eigenvalue weighted by Crippen LogP contribution is -2.50. The summed E-state index contributed by atoms with van der Waals surface area (Å²) < 4.78 is 25.9. The number of sulfonamides is 1. The van der Waals surface area contributed by atoms with E-state index in [9.17, 15) is 18.0 Å². The molecule has 0 aliphatic carbocycles.